The van der Waals surface area contributed by atoms with Crippen molar-refractivity contribution in [3.63, 3.8) is 0 Å². The number of thioether (sulfide) groups is 1. The number of anilines is 1. The summed E-state index contributed by atoms with van der Waals surface area (Å²) in [6.07, 6.45) is 4.27. The fourth-order valence-corrected chi connectivity index (χ4v) is 5.42. The maximum Gasteiger partial charge on any atom is 0.232 e. The fourth-order valence-electron chi connectivity index (χ4n) is 3.61. The highest BCUT2D eigenvalue weighted by molar-refractivity contribution is 7.99. The lowest BCUT2D eigenvalue weighted by atomic mass is 9.99. The summed E-state index contributed by atoms with van der Waals surface area (Å²) in [5.41, 5.74) is 2.89. The van der Waals surface area contributed by atoms with Crippen molar-refractivity contribution in [1.29, 1.82) is 0 Å². The van der Waals surface area contributed by atoms with Gasteiger partial charge in [-0.3, -0.25) is 13.7 Å². The number of para-hydroxylation sites is 2. The highest BCUT2D eigenvalue weighted by atomic mass is 32.2. The number of methoxy groups -OCH3 is 1. The first kappa shape index (κ1) is 21.4. The third-order valence-corrected chi connectivity index (χ3v) is 7.19. The normalized spacial score (nSPS) is 13.7. The summed E-state index contributed by atoms with van der Waals surface area (Å²) in [6, 6.07) is 12.7. The standard InChI is InChI=1S/C21H22N4O4S2/c1-29-20-8-4-3-7-18(20)24-14-22-23-21(24)30-13-19(26)16-9-10-17-15(12-16)6-5-11-25(17)31(2,27)28/h3-4,7-10,12,14H,5-6,11,13H2,1-2H3. The van der Waals surface area contributed by atoms with Gasteiger partial charge in [-0.2, -0.15) is 0 Å². The minimum atomic E-state index is -3.33. The van der Waals surface area contributed by atoms with E-state index in [4.69, 9.17) is 4.74 Å². The molecule has 0 aliphatic carbocycles. The van der Waals surface area contributed by atoms with E-state index in [1.165, 1.54) is 22.3 Å². The Hall–Kier alpha value is -2.85. The molecule has 0 atom stereocenters. The van der Waals surface area contributed by atoms with Crippen LogP contribution in [0.3, 0.4) is 0 Å². The topological polar surface area (TPSA) is 94.4 Å². The fraction of sp³-hybridized carbons (Fsp3) is 0.286. The Bertz CT molecular complexity index is 1220. The first-order valence-corrected chi connectivity index (χ1v) is 12.5. The van der Waals surface area contributed by atoms with Crippen LogP contribution in [0.15, 0.2) is 53.9 Å². The van der Waals surface area contributed by atoms with Crippen LogP contribution in [0.2, 0.25) is 0 Å². The van der Waals surface area contributed by atoms with Gasteiger partial charge in [-0.15, -0.1) is 10.2 Å². The zero-order valence-corrected chi connectivity index (χ0v) is 18.8. The number of hydrogen-bond donors (Lipinski definition) is 0. The summed E-state index contributed by atoms with van der Waals surface area (Å²) in [6.45, 7) is 0.466. The van der Waals surface area contributed by atoms with E-state index in [-0.39, 0.29) is 11.5 Å². The summed E-state index contributed by atoms with van der Waals surface area (Å²) < 4.78 is 32.7. The van der Waals surface area contributed by atoms with Gasteiger partial charge in [-0.25, -0.2) is 8.42 Å². The Morgan fingerprint density at radius 3 is 2.77 bits per heavy atom. The van der Waals surface area contributed by atoms with Gasteiger partial charge in [0.25, 0.3) is 0 Å². The molecule has 31 heavy (non-hydrogen) atoms. The average molecular weight is 459 g/mol. The van der Waals surface area contributed by atoms with Crippen molar-refractivity contribution >= 4 is 33.3 Å². The predicted octanol–water partition coefficient (Wildman–Crippen LogP) is 2.96. The van der Waals surface area contributed by atoms with E-state index >= 15 is 0 Å². The number of fused-ring (bicyclic) bond motifs is 1. The predicted molar refractivity (Wildman–Crippen MR) is 120 cm³/mol. The van der Waals surface area contributed by atoms with E-state index in [0.29, 0.717) is 28.7 Å². The quantitative estimate of drug-likeness (QED) is 0.397. The number of sulfonamides is 1. The Balaban J connectivity index is 1.52. The Morgan fingerprint density at radius 1 is 1.19 bits per heavy atom. The molecule has 0 radical (unpaired) electrons. The monoisotopic (exact) mass is 458 g/mol. The molecular weight excluding hydrogens is 436 g/mol. The van der Waals surface area contributed by atoms with Gasteiger partial charge in [0.1, 0.15) is 12.1 Å². The van der Waals surface area contributed by atoms with Gasteiger partial charge in [0.05, 0.1) is 30.5 Å². The molecule has 0 saturated heterocycles. The van der Waals surface area contributed by atoms with Crippen molar-refractivity contribution in [2.75, 3.05) is 30.0 Å². The van der Waals surface area contributed by atoms with Crippen LogP contribution in [0.5, 0.6) is 5.75 Å². The molecule has 10 heteroatoms. The number of rotatable bonds is 7. The zero-order valence-electron chi connectivity index (χ0n) is 17.2. The molecule has 3 aromatic rings. The first-order valence-electron chi connectivity index (χ1n) is 9.68. The Labute approximate surface area is 185 Å². The number of aromatic nitrogens is 3. The molecule has 0 saturated carbocycles. The van der Waals surface area contributed by atoms with Gasteiger partial charge in [-0.1, -0.05) is 23.9 Å². The highest BCUT2D eigenvalue weighted by Gasteiger charge is 2.25. The summed E-state index contributed by atoms with van der Waals surface area (Å²) in [4.78, 5) is 12.8. The number of benzene rings is 2. The zero-order chi connectivity index (χ0) is 22.0. The number of ketones is 1. The second-order valence-corrected chi connectivity index (χ2v) is 10.00. The van der Waals surface area contributed by atoms with Gasteiger partial charge in [0.2, 0.25) is 10.0 Å². The number of carbonyl (C=O) groups excluding carboxylic acids is 1. The van der Waals surface area contributed by atoms with Crippen molar-refractivity contribution in [3.05, 3.63) is 59.9 Å². The molecule has 0 spiro atoms. The van der Waals surface area contributed by atoms with Gasteiger partial charge >= 0.3 is 0 Å². The van der Waals surface area contributed by atoms with Crippen LogP contribution in [-0.4, -0.2) is 54.6 Å². The molecule has 0 N–H and O–H groups in total. The van der Waals surface area contributed by atoms with Gasteiger partial charge in [0.15, 0.2) is 10.9 Å². The van der Waals surface area contributed by atoms with E-state index in [1.54, 1.807) is 36.2 Å². The second kappa shape index (κ2) is 8.72. The summed E-state index contributed by atoms with van der Waals surface area (Å²) in [5.74, 6) is 0.807. The molecular formula is C21H22N4O4S2. The van der Waals surface area contributed by atoms with E-state index in [0.717, 1.165) is 24.1 Å². The summed E-state index contributed by atoms with van der Waals surface area (Å²) in [5, 5.41) is 8.69. The molecule has 0 unspecified atom stereocenters. The number of Topliss-reactive ketones (excluding diaryl/α,β-unsaturated/α-hetero) is 1. The molecule has 8 nitrogen and oxygen atoms in total. The van der Waals surface area contributed by atoms with Gasteiger partial charge < -0.3 is 4.74 Å². The second-order valence-electron chi connectivity index (χ2n) is 7.15. The maximum atomic E-state index is 12.8. The minimum absolute atomic E-state index is 0.0566. The van der Waals surface area contributed by atoms with Gasteiger partial charge in [-0.05, 0) is 48.7 Å². The van der Waals surface area contributed by atoms with Crippen molar-refractivity contribution < 1.29 is 17.9 Å². The number of nitrogens with zero attached hydrogens (tertiary/aromatic N) is 4. The van der Waals surface area contributed by atoms with Crippen molar-refractivity contribution in [2.45, 2.75) is 18.0 Å². The molecule has 2 heterocycles. The van der Waals surface area contributed by atoms with Crippen molar-refractivity contribution in [2.24, 2.45) is 0 Å². The van der Waals surface area contributed by atoms with Crippen LogP contribution in [0.1, 0.15) is 22.3 Å². The largest absolute Gasteiger partial charge is 0.495 e. The summed E-state index contributed by atoms with van der Waals surface area (Å²) in [7, 11) is -1.74. The van der Waals surface area contributed by atoms with Crippen molar-refractivity contribution in [3.8, 4) is 11.4 Å². The molecule has 0 fully saturated rings. The number of carbonyl (C=O) groups is 1. The Morgan fingerprint density at radius 2 is 2.00 bits per heavy atom. The number of aryl methyl sites for hydroxylation is 1. The van der Waals surface area contributed by atoms with Crippen LogP contribution in [0, 0.1) is 0 Å². The molecule has 162 valence electrons. The van der Waals surface area contributed by atoms with Crippen LogP contribution in [0.4, 0.5) is 5.69 Å². The van der Waals surface area contributed by atoms with Crippen LogP contribution in [0.25, 0.3) is 5.69 Å². The molecule has 4 rings (SSSR count). The molecule has 0 amide bonds. The van der Waals surface area contributed by atoms with E-state index < -0.39 is 10.0 Å². The molecule has 1 aromatic heterocycles. The number of ether oxygens (including phenoxy) is 1. The average Bonchev–Trinajstić information content (AvgIpc) is 3.24. The maximum absolute atomic E-state index is 12.8. The lowest BCUT2D eigenvalue weighted by molar-refractivity contribution is 0.102. The van der Waals surface area contributed by atoms with E-state index in [9.17, 15) is 13.2 Å². The lowest BCUT2D eigenvalue weighted by Crippen LogP contribution is -2.34. The molecule has 1 aliphatic rings. The SMILES string of the molecule is COc1ccccc1-n1cnnc1SCC(=O)c1ccc2c(c1)CCCN2S(C)(=O)=O. The van der Waals surface area contributed by atoms with Gasteiger partial charge in [0, 0.05) is 12.1 Å². The van der Waals surface area contributed by atoms with Crippen LogP contribution >= 0.6 is 11.8 Å². The lowest BCUT2D eigenvalue weighted by Gasteiger charge is -2.29. The van der Waals surface area contributed by atoms with Crippen LogP contribution in [-0.2, 0) is 16.4 Å². The third kappa shape index (κ3) is 4.45. The smallest absolute Gasteiger partial charge is 0.232 e. The Kier molecular flexibility index (Phi) is 6.01. The number of hydrogen-bond acceptors (Lipinski definition) is 7. The molecule has 0 bridgehead atoms. The molecule has 2 aromatic carbocycles. The van der Waals surface area contributed by atoms with E-state index in [2.05, 4.69) is 10.2 Å². The van der Waals surface area contributed by atoms with E-state index in [1.807, 2.05) is 24.3 Å². The first-order chi connectivity index (χ1) is 14.9. The van der Waals surface area contributed by atoms with Crippen molar-refractivity contribution in [1.82, 2.24) is 14.8 Å². The molecule has 1 aliphatic heterocycles. The summed E-state index contributed by atoms with van der Waals surface area (Å²) >= 11 is 1.29. The minimum Gasteiger partial charge on any atom is -0.495 e. The highest BCUT2D eigenvalue weighted by Crippen LogP contribution is 2.31. The van der Waals surface area contributed by atoms with Crippen LogP contribution < -0.4 is 9.04 Å². The third-order valence-electron chi connectivity index (χ3n) is 5.07.